The summed E-state index contributed by atoms with van der Waals surface area (Å²) in [4.78, 5) is 29.3. The summed E-state index contributed by atoms with van der Waals surface area (Å²) < 4.78 is 21.4. The molecule has 1 aromatic carbocycles. The van der Waals surface area contributed by atoms with Crippen molar-refractivity contribution in [2.75, 3.05) is 5.32 Å². The van der Waals surface area contributed by atoms with E-state index in [0.717, 1.165) is 0 Å². The molecule has 5 rings (SSSR count). The van der Waals surface area contributed by atoms with Crippen LogP contribution in [0.5, 0.6) is 0 Å². The van der Waals surface area contributed by atoms with Crippen LogP contribution in [0.15, 0.2) is 53.3 Å². The van der Waals surface area contributed by atoms with E-state index in [2.05, 4.69) is 30.4 Å². The molecule has 0 fully saturated rings. The highest BCUT2D eigenvalue weighted by Gasteiger charge is 2.18. The lowest BCUT2D eigenvalue weighted by molar-refractivity contribution is 0.0994. The molecular weight excluding hydrogens is 449 g/mol. The van der Waals surface area contributed by atoms with Gasteiger partial charge in [0.2, 0.25) is 5.76 Å². The molecule has 5 aromatic rings. The lowest BCUT2D eigenvalue weighted by Crippen LogP contribution is -2.12. The minimum Gasteiger partial charge on any atom is -0.436 e. The SMILES string of the molecule is Cc1nc(C)c(C(=O)Nc2ccc(F)c(-c3nc4ncc(-c5cccnc5Cl)cn4n3)c2)o1. The Morgan fingerprint density at radius 1 is 1.15 bits per heavy atom. The number of oxazole rings is 1. The van der Waals surface area contributed by atoms with Crippen molar-refractivity contribution in [3.05, 3.63) is 77.2 Å². The third-order valence-electron chi connectivity index (χ3n) is 4.84. The number of fused-ring (bicyclic) bond motifs is 1. The summed E-state index contributed by atoms with van der Waals surface area (Å²) in [7, 11) is 0. The lowest BCUT2D eigenvalue weighted by atomic mass is 10.1. The van der Waals surface area contributed by atoms with E-state index >= 15 is 0 Å². The van der Waals surface area contributed by atoms with Crippen molar-refractivity contribution in [1.82, 2.24) is 29.5 Å². The Balaban J connectivity index is 1.48. The zero-order valence-electron chi connectivity index (χ0n) is 17.4. The van der Waals surface area contributed by atoms with Gasteiger partial charge >= 0.3 is 0 Å². The van der Waals surface area contributed by atoms with Crippen molar-refractivity contribution >= 4 is 29.0 Å². The average molecular weight is 464 g/mol. The van der Waals surface area contributed by atoms with E-state index in [1.807, 2.05) is 0 Å². The number of amides is 1. The molecule has 0 saturated carbocycles. The second kappa shape index (κ2) is 8.06. The number of hydrogen-bond acceptors (Lipinski definition) is 7. The van der Waals surface area contributed by atoms with Crippen LogP contribution < -0.4 is 5.32 Å². The van der Waals surface area contributed by atoms with Gasteiger partial charge in [0, 0.05) is 42.3 Å². The van der Waals surface area contributed by atoms with Gasteiger partial charge in [0.1, 0.15) is 11.0 Å². The van der Waals surface area contributed by atoms with Gasteiger partial charge in [-0.15, -0.1) is 5.10 Å². The Morgan fingerprint density at radius 2 is 2.00 bits per heavy atom. The Labute approximate surface area is 191 Å². The summed E-state index contributed by atoms with van der Waals surface area (Å²) in [6.07, 6.45) is 4.86. The van der Waals surface area contributed by atoms with Crippen LogP contribution >= 0.6 is 11.6 Å². The lowest BCUT2D eigenvalue weighted by Gasteiger charge is -2.06. The molecule has 1 N–H and O–H groups in total. The number of pyridine rings is 1. The standard InChI is InChI=1S/C22H15ClFN7O2/c1-11-18(33-12(2)27-11)21(32)28-14-5-6-17(24)16(8-14)20-29-22-26-9-13(10-31(22)30-20)15-4-3-7-25-19(15)23/h3-10H,1-2H3,(H,28,32). The van der Waals surface area contributed by atoms with Crippen LogP contribution in [0.4, 0.5) is 10.1 Å². The van der Waals surface area contributed by atoms with Gasteiger partial charge < -0.3 is 9.73 Å². The first-order valence-electron chi connectivity index (χ1n) is 9.77. The van der Waals surface area contributed by atoms with Crippen molar-refractivity contribution in [2.24, 2.45) is 0 Å². The number of hydrogen-bond donors (Lipinski definition) is 1. The predicted molar refractivity (Wildman–Crippen MR) is 118 cm³/mol. The Kier molecular flexibility index (Phi) is 5.06. The van der Waals surface area contributed by atoms with Gasteiger partial charge in [-0.05, 0) is 37.3 Å². The molecule has 0 atom stereocenters. The van der Waals surface area contributed by atoms with Crippen LogP contribution in [0.1, 0.15) is 22.1 Å². The first-order valence-corrected chi connectivity index (χ1v) is 10.2. The van der Waals surface area contributed by atoms with E-state index in [1.165, 1.54) is 22.7 Å². The molecule has 33 heavy (non-hydrogen) atoms. The monoisotopic (exact) mass is 463 g/mol. The van der Waals surface area contributed by atoms with Crippen LogP contribution in [0.25, 0.3) is 28.3 Å². The first-order chi connectivity index (χ1) is 15.9. The zero-order valence-corrected chi connectivity index (χ0v) is 18.1. The second-order valence-electron chi connectivity index (χ2n) is 7.16. The first kappa shape index (κ1) is 20.7. The molecular formula is C22H15ClFN7O2. The van der Waals surface area contributed by atoms with Crippen LogP contribution in [-0.4, -0.2) is 35.5 Å². The summed E-state index contributed by atoms with van der Waals surface area (Å²) in [6, 6.07) is 7.67. The Hall–Kier alpha value is -4.18. The maximum Gasteiger partial charge on any atom is 0.293 e. The van der Waals surface area contributed by atoms with Crippen LogP contribution in [-0.2, 0) is 0 Å². The predicted octanol–water partition coefficient (Wildman–Crippen LogP) is 4.50. The molecule has 4 aromatic heterocycles. The smallest absolute Gasteiger partial charge is 0.293 e. The fourth-order valence-electron chi connectivity index (χ4n) is 3.34. The van der Waals surface area contributed by atoms with Crippen molar-refractivity contribution in [1.29, 1.82) is 0 Å². The molecule has 0 radical (unpaired) electrons. The molecule has 0 aliphatic heterocycles. The Bertz CT molecular complexity index is 1530. The van der Waals surface area contributed by atoms with Crippen LogP contribution in [0.2, 0.25) is 5.15 Å². The highest BCUT2D eigenvalue weighted by atomic mass is 35.5. The number of nitrogens with zero attached hydrogens (tertiary/aromatic N) is 6. The summed E-state index contributed by atoms with van der Waals surface area (Å²) >= 11 is 6.17. The number of halogens is 2. The molecule has 0 spiro atoms. The third kappa shape index (κ3) is 3.92. The van der Waals surface area contributed by atoms with E-state index in [-0.39, 0.29) is 22.9 Å². The Morgan fingerprint density at radius 3 is 2.76 bits per heavy atom. The topological polar surface area (TPSA) is 111 Å². The maximum atomic E-state index is 14.6. The van der Waals surface area contributed by atoms with E-state index in [9.17, 15) is 9.18 Å². The van der Waals surface area contributed by atoms with Gasteiger partial charge in [0.05, 0.1) is 11.3 Å². The average Bonchev–Trinajstić information content (AvgIpc) is 3.37. The summed E-state index contributed by atoms with van der Waals surface area (Å²) in [5, 5.41) is 7.36. The number of aryl methyl sites for hydroxylation is 2. The fraction of sp³-hybridized carbons (Fsp3) is 0.0909. The summed E-state index contributed by atoms with van der Waals surface area (Å²) in [5.41, 5.74) is 2.27. The van der Waals surface area contributed by atoms with Gasteiger partial charge in [-0.3, -0.25) is 4.79 Å². The van der Waals surface area contributed by atoms with E-state index in [1.54, 1.807) is 44.6 Å². The number of anilines is 1. The quantitative estimate of drug-likeness (QED) is 0.390. The molecule has 4 heterocycles. The number of aromatic nitrogens is 6. The van der Waals surface area contributed by atoms with Gasteiger partial charge in [-0.25, -0.2) is 23.9 Å². The molecule has 11 heteroatoms. The molecule has 1 amide bonds. The van der Waals surface area contributed by atoms with Gasteiger partial charge in [0.15, 0.2) is 11.7 Å². The number of benzene rings is 1. The molecule has 0 unspecified atom stereocenters. The van der Waals surface area contributed by atoms with Crippen molar-refractivity contribution in [3.8, 4) is 22.5 Å². The normalized spacial score (nSPS) is 11.2. The molecule has 9 nitrogen and oxygen atoms in total. The van der Waals surface area contributed by atoms with Crippen molar-refractivity contribution < 1.29 is 13.6 Å². The van der Waals surface area contributed by atoms with E-state index < -0.39 is 11.7 Å². The van der Waals surface area contributed by atoms with Crippen molar-refractivity contribution in [3.63, 3.8) is 0 Å². The highest BCUT2D eigenvalue weighted by molar-refractivity contribution is 6.32. The number of nitrogens with one attached hydrogen (secondary N) is 1. The number of carbonyl (C=O) groups excluding carboxylic acids is 1. The van der Waals surface area contributed by atoms with Gasteiger partial charge in [-0.2, -0.15) is 4.98 Å². The summed E-state index contributed by atoms with van der Waals surface area (Å²) in [6.45, 7) is 3.32. The molecule has 0 aliphatic carbocycles. The zero-order chi connectivity index (χ0) is 23.1. The highest BCUT2D eigenvalue weighted by Crippen LogP contribution is 2.27. The van der Waals surface area contributed by atoms with E-state index in [0.29, 0.717) is 33.6 Å². The van der Waals surface area contributed by atoms with Gasteiger partial charge in [-0.1, -0.05) is 11.6 Å². The molecule has 0 bridgehead atoms. The van der Waals surface area contributed by atoms with E-state index in [4.69, 9.17) is 16.0 Å². The second-order valence-corrected chi connectivity index (χ2v) is 7.52. The minimum absolute atomic E-state index is 0.0926. The van der Waals surface area contributed by atoms with Crippen LogP contribution in [0.3, 0.4) is 0 Å². The van der Waals surface area contributed by atoms with Gasteiger partial charge in [0.25, 0.3) is 11.7 Å². The maximum absolute atomic E-state index is 14.6. The molecule has 0 saturated heterocycles. The van der Waals surface area contributed by atoms with Crippen molar-refractivity contribution in [2.45, 2.75) is 13.8 Å². The molecule has 164 valence electrons. The minimum atomic E-state index is -0.550. The fourth-order valence-corrected chi connectivity index (χ4v) is 3.57. The number of carbonyl (C=O) groups is 1. The molecule has 0 aliphatic rings. The largest absolute Gasteiger partial charge is 0.436 e. The summed E-state index contributed by atoms with van der Waals surface area (Å²) in [5.74, 6) is -0.187. The third-order valence-corrected chi connectivity index (χ3v) is 5.14. The number of rotatable bonds is 4. The van der Waals surface area contributed by atoms with Crippen LogP contribution in [0, 0.1) is 19.7 Å².